The molecule has 1 aliphatic heterocycles. The summed E-state index contributed by atoms with van der Waals surface area (Å²) in [7, 11) is 0. The predicted octanol–water partition coefficient (Wildman–Crippen LogP) is 1.54. The van der Waals surface area contributed by atoms with Gasteiger partial charge in [-0.05, 0) is 44.6 Å². The van der Waals surface area contributed by atoms with Gasteiger partial charge in [-0.25, -0.2) is 0 Å². The molecular weight excluding hydrogens is 200 g/mol. The zero-order valence-corrected chi connectivity index (χ0v) is 9.90. The average Bonchev–Trinajstić information content (AvgIpc) is 2.83. The lowest BCUT2D eigenvalue weighted by Crippen LogP contribution is -2.41. The van der Waals surface area contributed by atoms with E-state index in [1.54, 1.807) is 0 Å². The summed E-state index contributed by atoms with van der Waals surface area (Å²) in [5, 5.41) is 0. The van der Waals surface area contributed by atoms with Crippen molar-refractivity contribution >= 4 is 5.91 Å². The maximum atomic E-state index is 12.1. The standard InChI is InChI=1S/C13H22N2O/c14-8-5-11-6-9-15(10-7-11)13(16)12-3-1-2-4-12/h1-2,11-12H,3-10,14H2. The molecule has 16 heavy (non-hydrogen) atoms. The fourth-order valence-electron chi connectivity index (χ4n) is 2.75. The van der Waals surface area contributed by atoms with Crippen LogP contribution in [0.4, 0.5) is 0 Å². The number of carbonyl (C=O) groups excluding carboxylic acids is 1. The minimum atomic E-state index is 0.242. The van der Waals surface area contributed by atoms with Gasteiger partial charge in [0, 0.05) is 19.0 Å². The summed E-state index contributed by atoms with van der Waals surface area (Å²) in [6, 6.07) is 0. The molecule has 1 aliphatic carbocycles. The van der Waals surface area contributed by atoms with E-state index in [1.165, 1.54) is 0 Å². The van der Waals surface area contributed by atoms with Crippen molar-refractivity contribution in [2.75, 3.05) is 19.6 Å². The Morgan fingerprint density at radius 3 is 2.44 bits per heavy atom. The van der Waals surface area contributed by atoms with Gasteiger partial charge in [-0.1, -0.05) is 12.2 Å². The third-order valence-corrected chi connectivity index (χ3v) is 3.86. The van der Waals surface area contributed by atoms with Gasteiger partial charge in [-0.15, -0.1) is 0 Å². The number of likely N-dealkylation sites (tertiary alicyclic amines) is 1. The number of hydrogen-bond donors (Lipinski definition) is 1. The molecule has 0 atom stereocenters. The topological polar surface area (TPSA) is 46.3 Å². The Balaban J connectivity index is 1.77. The molecule has 0 aromatic rings. The molecule has 2 N–H and O–H groups in total. The van der Waals surface area contributed by atoms with Crippen LogP contribution in [0.3, 0.4) is 0 Å². The minimum absolute atomic E-state index is 0.242. The van der Waals surface area contributed by atoms with E-state index in [0.717, 1.165) is 57.7 Å². The maximum Gasteiger partial charge on any atom is 0.226 e. The zero-order chi connectivity index (χ0) is 11.4. The van der Waals surface area contributed by atoms with Crippen molar-refractivity contribution in [3.63, 3.8) is 0 Å². The van der Waals surface area contributed by atoms with Crippen LogP contribution in [0.5, 0.6) is 0 Å². The summed E-state index contributed by atoms with van der Waals surface area (Å²) in [6.45, 7) is 2.67. The van der Waals surface area contributed by atoms with Gasteiger partial charge < -0.3 is 10.6 Å². The summed E-state index contributed by atoms with van der Waals surface area (Å²) >= 11 is 0. The van der Waals surface area contributed by atoms with Crippen molar-refractivity contribution in [2.24, 2.45) is 17.6 Å². The van der Waals surface area contributed by atoms with Gasteiger partial charge in [0.2, 0.25) is 5.91 Å². The minimum Gasteiger partial charge on any atom is -0.342 e. The highest BCUT2D eigenvalue weighted by Crippen LogP contribution is 2.25. The summed E-state index contributed by atoms with van der Waals surface area (Å²) in [5.74, 6) is 1.36. The average molecular weight is 222 g/mol. The van der Waals surface area contributed by atoms with E-state index in [9.17, 15) is 4.79 Å². The first-order valence-electron chi connectivity index (χ1n) is 6.45. The Morgan fingerprint density at radius 2 is 1.88 bits per heavy atom. The van der Waals surface area contributed by atoms with Crippen LogP contribution in [-0.4, -0.2) is 30.4 Å². The molecule has 0 radical (unpaired) electrons. The smallest absolute Gasteiger partial charge is 0.226 e. The number of piperidine rings is 1. The highest BCUT2D eigenvalue weighted by molar-refractivity contribution is 5.79. The van der Waals surface area contributed by atoms with Crippen molar-refractivity contribution in [3.05, 3.63) is 12.2 Å². The Kier molecular flexibility index (Phi) is 3.99. The second kappa shape index (κ2) is 5.48. The maximum absolute atomic E-state index is 12.1. The van der Waals surface area contributed by atoms with Crippen molar-refractivity contribution in [1.29, 1.82) is 0 Å². The van der Waals surface area contributed by atoms with Crippen LogP contribution in [0.15, 0.2) is 12.2 Å². The van der Waals surface area contributed by atoms with E-state index in [-0.39, 0.29) is 5.92 Å². The molecule has 2 aliphatic rings. The van der Waals surface area contributed by atoms with Gasteiger partial charge >= 0.3 is 0 Å². The molecule has 3 nitrogen and oxygen atoms in total. The van der Waals surface area contributed by atoms with Crippen LogP contribution in [0.25, 0.3) is 0 Å². The van der Waals surface area contributed by atoms with E-state index in [0.29, 0.717) is 5.91 Å². The van der Waals surface area contributed by atoms with Gasteiger partial charge in [0.1, 0.15) is 0 Å². The monoisotopic (exact) mass is 222 g/mol. The number of nitrogens with zero attached hydrogens (tertiary/aromatic N) is 1. The van der Waals surface area contributed by atoms with Crippen LogP contribution in [0.1, 0.15) is 32.1 Å². The molecule has 1 saturated heterocycles. The van der Waals surface area contributed by atoms with E-state index in [2.05, 4.69) is 17.1 Å². The predicted molar refractivity (Wildman–Crippen MR) is 64.8 cm³/mol. The van der Waals surface area contributed by atoms with E-state index in [4.69, 9.17) is 5.73 Å². The Labute approximate surface area is 97.7 Å². The van der Waals surface area contributed by atoms with Crippen LogP contribution >= 0.6 is 0 Å². The molecule has 3 heteroatoms. The lowest BCUT2D eigenvalue weighted by Gasteiger charge is -2.33. The first kappa shape index (κ1) is 11.6. The molecule has 1 amide bonds. The number of hydrogen-bond acceptors (Lipinski definition) is 2. The van der Waals surface area contributed by atoms with Crippen molar-refractivity contribution in [2.45, 2.75) is 32.1 Å². The second-order valence-corrected chi connectivity index (χ2v) is 4.99. The summed E-state index contributed by atoms with van der Waals surface area (Å²) in [5.41, 5.74) is 5.56. The fraction of sp³-hybridized carbons (Fsp3) is 0.769. The number of nitrogens with two attached hydrogens (primary N) is 1. The number of allylic oxidation sites excluding steroid dienone is 2. The number of carbonyl (C=O) groups is 1. The molecule has 0 saturated carbocycles. The molecule has 0 aromatic heterocycles. The lowest BCUT2D eigenvalue weighted by atomic mass is 9.92. The second-order valence-electron chi connectivity index (χ2n) is 4.99. The van der Waals surface area contributed by atoms with Crippen LogP contribution in [0.2, 0.25) is 0 Å². The lowest BCUT2D eigenvalue weighted by molar-refractivity contribution is -0.136. The zero-order valence-electron chi connectivity index (χ0n) is 9.90. The van der Waals surface area contributed by atoms with Gasteiger partial charge in [0.15, 0.2) is 0 Å². The van der Waals surface area contributed by atoms with E-state index < -0.39 is 0 Å². The quantitative estimate of drug-likeness (QED) is 0.736. The molecular formula is C13H22N2O. The molecule has 90 valence electrons. The molecule has 0 unspecified atom stereocenters. The number of rotatable bonds is 3. The third kappa shape index (κ3) is 2.64. The highest BCUT2D eigenvalue weighted by Gasteiger charge is 2.27. The third-order valence-electron chi connectivity index (χ3n) is 3.86. The summed E-state index contributed by atoms with van der Waals surface area (Å²) < 4.78 is 0. The van der Waals surface area contributed by atoms with Crippen molar-refractivity contribution < 1.29 is 4.79 Å². The van der Waals surface area contributed by atoms with Gasteiger partial charge in [-0.3, -0.25) is 4.79 Å². The normalized spacial score (nSPS) is 22.9. The first-order chi connectivity index (χ1) is 7.81. The fourth-order valence-corrected chi connectivity index (χ4v) is 2.75. The van der Waals surface area contributed by atoms with Crippen molar-refractivity contribution in [3.8, 4) is 0 Å². The summed E-state index contributed by atoms with van der Waals surface area (Å²) in [6.07, 6.45) is 9.55. The van der Waals surface area contributed by atoms with Crippen LogP contribution in [-0.2, 0) is 4.79 Å². The molecule has 0 bridgehead atoms. The van der Waals surface area contributed by atoms with Gasteiger partial charge in [0.25, 0.3) is 0 Å². The number of amides is 1. The molecule has 1 heterocycles. The van der Waals surface area contributed by atoms with Gasteiger partial charge in [0.05, 0.1) is 0 Å². The first-order valence-corrected chi connectivity index (χ1v) is 6.45. The highest BCUT2D eigenvalue weighted by atomic mass is 16.2. The van der Waals surface area contributed by atoms with E-state index in [1.807, 2.05) is 0 Å². The Morgan fingerprint density at radius 1 is 1.25 bits per heavy atom. The SMILES string of the molecule is NCCC1CCN(C(=O)C2CC=CC2)CC1. The largest absolute Gasteiger partial charge is 0.342 e. The molecule has 1 fully saturated rings. The summed E-state index contributed by atoms with van der Waals surface area (Å²) in [4.78, 5) is 14.2. The van der Waals surface area contributed by atoms with E-state index >= 15 is 0 Å². The van der Waals surface area contributed by atoms with Crippen molar-refractivity contribution in [1.82, 2.24) is 4.90 Å². The van der Waals surface area contributed by atoms with Crippen LogP contribution in [0, 0.1) is 11.8 Å². The molecule has 0 aromatic carbocycles. The van der Waals surface area contributed by atoms with Crippen LogP contribution < -0.4 is 5.73 Å². The molecule has 2 rings (SSSR count). The Hall–Kier alpha value is -0.830. The molecule has 0 spiro atoms. The van der Waals surface area contributed by atoms with Gasteiger partial charge in [-0.2, -0.15) is 0 Å². The Bertz CT molecular complexity index is 259.